The van der Waals surface area contributed by atoms with Crippen LogP contribution in [0, 0.1) is 5.92 Å². The van der Waals surface area contributed by atoms with Gasteiger partial charge in [0.1, 0.15) is 0 Å². The van der Waals surface area contributed by atoms with E-state index in [4.69, 9.17) is 14.6 Å². The maximum absolute atomic E-state index is 10.8. The third-order valence-electron chi connectivity index (χ3n) is 3.26. The van der Waals surface area contributed by atoms with E-state index in [0.717, 1.165) is 12.5 Å². The summed E-state index contributed by atoms with van der Waals surface area (Å²) in [6, 6.07) is 1.45. The first-order chi connectivity index (χ1) is 8.56. The van der Waals surface area contributed by atoms with E-state index in [2.05, 4.69) is 5.10 Å². The number of hydrogen-bond donors (Lipinski definition) is 1. The van der Waals surface area contributed by atoms with Crippen LogP contribution in [-0.2, 0) is 11.3 Å². The summed E-state index contributed by atoms with van der Waals surface area (Å²) in [4.78, 5) is 10.8. The van der Waals surface area contributed by atoms with E-state index >= 15 is 0 Å². The van der Waals surface area contributed by atoms with Gasteiger partial charge >= 0.3 is 5.97 Å². The maximum atomic E-state index is 10.8. The average molecular weight is 252 g/mol. The zero-order valence-corrected chi connectivity index (χ0v) is 10.3. The fourth-order valence-corrected chi connectivity index (χ4v) is 2.10. The molecule has 2 heterocycles. The van der Waals surface area contributed by atoms with Crippen molar-refractivity contribution >= 4 is 5.97 Å². The number of rotatable bonds is 5. The number of ether oxygens (including phenoxy) is 2. The van der Waals surface area contributed by atoms with Crippen molar-refractivity contribution in [2.24, 2.45) is 5.92 Å². The summed E-state index contributed by atoms with van der Waals surface area (Å²) in [6.45, 7) is 3.78. The Morgan fingerprint density at radius 2 is 2.50 bits per heavy atom. The molecule has 0 bridgehead atoms. The van der Waals surface area contributed by atoms with Gasteiger partial charge in [0.15, 0.2) is 11.3 Å². The molecule has 3 rings (SSSR count). The fraction of sp³-hybridized carbons (Fsp3) is 0.667. The molecular weight excluding hydrogens is 236 g/mol. The Morgan fingerprint density at radius 1 is 1.72 bits per heavy atom. The third kappa shape index (κ3) is 2.20. The van der Waals surface area contributed by atoms with Crippen molar-refractivity contribution in [3.63, 3.8) is 0 Å². The number of aromatic carboxylic acids is 1. The molecule has 98 valence electrons. The van der Waals surface area contributed by atoms with Gasteiger partial charge in [0.25, 0.3) is 0 Å². The Bertz CT molecular complexity index is 455. The van der Waals surface area contributed by atoms with Gasteiger partial charge in [-0.3, -0.25) is 0 Å². The number of hydrogen-bond acceptors (Lipinski definition) is 4. The molecule has 0 saturated heterocycles. The standard InChI is InChI=1S/C12H16N2O4/c1-12(7-17-5-8-2-3-8)6-14-10(18-12)4-9(13-14)11(15)16/h4,8H,2-3,5-7H2,1H3,(H,15,16). The van der Waals surface area contributed by atoms with Crippen molar-refractivity contribution in [3.05, 3.63) is 11.8 Å². The summed E-state index contributed by atoms with van der Waals surface area (Å²) in [5.74, 6) is 0.197. The lowest BCUT2D eigenvalue weighted by Crippen LogP contribution is -2.37. The van der Waals surface area contributed by atoms with E-state index in [0.29, 0.717) is 19.0 Å². The van der Waals surface area contributed by atoms with Crippen LogP contribution in [0.25, 0.3) is 0 Å². The molecule has 1 aromatic heterocycles. The number of fused-ring (bicyclic) bond motifs is 1. The second kappa shape index (κ2) is 3.98. The zero-order chi connectivity index (χ0) is 12.8. The van der Waals surface area contributed by atoms with Gasteiger partial charge in [-0.15, -0.1) is 0 Å². The van der Waals surface area contributed by atoms with Crippen molar-refractivity contribution in [2.45, 2.75) is 31.9 Å². The van der Waals surface area contributed by atoms with Crippen molar-refractivity contribution in [2.75, 3.05) is 13.2 Å². The second-order valence-electron chi connectivity index (χ2n) is 5.34. The smallest absolute Gasteiger partial charge is 0.356 e. The van der Waals surface area contributed by atoms with Crippen LogP contribution in [0.3, 0.4) is 0 Å². The molecule has 6 nitrogen and oxygen atoms in total. The van der Waals surface area contributed by atoms with Crippen molar-refractivity contribution < 1.29 is 19.4 Å². The Morgan fingerprint density at radius 3 is 3.11 bits per heavy atom. The molecule has 1 fully saturated rings. The highest BCUT2D eigenvalue weighted by Crippen LogP contribution is 2.32. The molecule has 6 heteroatoms. The number of nitrogens with zero attached hydrogens (tertiary/aromatic N) is 2. The van der Waals surface area contributed by atoms with Gasteiger partial charge in [-0.2, -0.15) is 5.10 Å². The van der Waals surface area contributed by atoms with E-state index in [1.807, 2.05) is 6.92 Å². The molecule has 0 aromatic carbocycles. The van der Waals surface area contributed by atoms with Gasteiger partial charge in [-0.1, -0.05) is 0 Å². The fourth-order valence-electron chi connectivity index (χ4n) is 2.10. The monoisotopic (exact) mass is 252 g/mol. The first kappa shape index (κ1) is 11.5. The molecule has 0 radical (unpaired) electrons. The highest BCUT2D eigenvalue weighted by molar-refractivity contribution is 5.85. The third-order valence-corrected chi connectivity index (χ3v) is 3.26. The topological polar surface area (TPSA) is 73.6 Å². The molecule has 1 aliphatic heterocycles. The Balaban J connectivity index is 1.60. The van der Waals surface area contributed by atoms with Gasteiger partial charge in [-0.05, 0) is 25.7 Å². The molecule has 2 aliphatic rings. The molecule has 1 unspecified atom stereocenters. The number of carboxylic acid groups (broad SMARTS) is 1. The van der Waals surface area contributed by atoms with E-state index in [1.54, 1.807) is 4.68 Å². The van der Waals surface area contributed by atoms with E-state index in [9.17, 15) is 4.79 Å². The summed E-state index contributed by atoms with van der Waals surface area (Å²) in [6.07, 6.45) is 2.53. The molecule has 0 spiro atoms. The number of aromatic nitrogens is 2. The molecule has 1 saturated carbocycles. The van der Waals surface area contributed by atoms with Crippen molar-refractivity contribution in [3.8, 4) is 5.88 Å². The quantitative estimate of drug-likeness (QED) is 0.851. The van der Waals surface area contributed by atoms with E-state index in [-0.39, 0.29) is 5.69 Å². The largest absolute Gasteiger partial charge is 0.476 e. The summed E-state index contributed by atoms with van der Waals surface area (Å²) in [7, 11) is 0. The highest BCUT2D eigenvalue weighted by atomic mass is 16.6. The summed E-state index contributed by atoms with van der Waals surface area (Å²) >= 11 is 0. The predicted octanol–water partition coefficient (Wildman–Crippen LogP) is 1.16. The Labute approximate surface area is 104 Å². The van der Waals surface area contributed by atoms with Gasteiger partial charge in [-0.25, -0.2) is 9.48 Å². The zero-order valence-electron chi connectivity index (χ0n) is 10.3. The molecule has 1 atom stereocenters. The minimum absolute atomic E-state index is 0.0194. The van der Waals surface area contributed by atoms with Crippen LogP contribution in [0.4, 0.5) is 0 Å². The van der Waals surface area contributed by atoms with Crippen LogP contribution in [0.5, 0.6) is 5.88 Å². The van der Waals surface area contributed by atoms with Crippen LogP contribution in [0.1, 0.15) is 30.3 Å². The van der Waals surface area contributed by atoms with Crippen LogP contribution < -0.4 is 4.74 Å². The highest BCUT2D eigenvalue weighted by Gasteiger charge is 2.37. The summed E-state index contributed by atoms with van der Waals surface area (Å²) in [5.41, 5.74) is -0.417. The summed E-state index contributed by atoms with van der Waals surface area (Å²) in [5, 5.41) is 12.8. The first-order valence-corrected chi connectivity index (χ1v) is 6.14. The first-order valence-electron chi connectivity index (χ1n) is 6.14. The van der Waals surface area contributed by atoms with Crippen LogP contribution in [0.15, 0.2) is 6.07 Å². The number of carbonyl (C=O) groups is 1. The predicted molar refractivity (Wildman–Crippen MR) is 61.8 cm³/mol. The van der Waals surface area contributed by atoms with Crippen LogP contribution in [0.2, 0.25) is 0 Å². The number of carboxylic acids is 1. The molecule has 1 aromatic rings. The molecule has 0 amide bonds. The van der Waals surface area contributed by atoms with Gasteiger partial charge in [0.2, 0.25) is 5.88 Å². The van der Waals surface area contributed by atoms with Gasteiger partial charge in [0, 0.05) is 12.7 Å². The van der Waals surface area contributed by atoms with Crippen molar-refractivity contribution in [1.29, 1.82) is 0 Å². The maximum Gasteiger partial charge on any atom is 0.356 e. The van der Waals surface area contributed by atoms with Crippen LogP contribution >= 0.6 is 0 Å². The average Bonchev–Trinajstić information content (AvgIpc) is 2.93. The minimum Gasteiger partial charge on any atom is -0.476 e. The molecular formula is C12H16N2O4. The van der Waals surface area contributed by atoms with Gasteiger partial charge in [0.05, 0.1) is 13.2 Å². The molecule has 1 N–H and O–H groups in total. The molecule has 1 aliphatic carbocycles. The Hall–Kier alpha value is -1.56. The van der Waals surface area contributed by atoms with E-state index < -0.39 is 11.6 Å². The normalized spacial score (nSPS) is 25.8. The summed E-state index contributed by atoms with van der Waals surface area (Å²) < 4.78 is 13.0. The lowest BCUT2D eigenvalue weighted by Gasteiger charge is -2.22. The second-order valence-corrected chi connectivity index (χ2v) is 5.34. The SMILES string of the molecule is CC1(COCC2CC2)Cn2nc(C(=O)O)cc2O1. The van der Waals surface area contributed by atoms with Crippen LogP contribution in [-0.4, -0.2) is 39.7 Å². The molecule has 18 heavy (non-hydrogen) atoms. The van der Waals surface area contributed by atoms with Crippen molar-refractivity contribution in [1.82, 2.24) is 9.78 Å². The van der Waals surface area contributed by atoms with E-state index in [1.165, 1.54) is 18.9 Å². The Kier molecular flexibility index (Phi) is 2.55. The lowest BCUT2D eigenvalue weighted by atomic mass is 10.1. The van der Waals surface area contributed by atoms with Gasteiger partial charge < -0.3 is 14.6 Å². The minimum atomic E-state index is -1.04. The lowest BCUT2D eigenvalue weighted by molar-refractivity contribution is -0.00728.